The fraction of sp³-hybridized carbons (Fsp3) is 0.250. The molecule has 1 aromatic heterocycles. The second-order valence-corrected chi connectivity index (χ2v) is 4.76. The van der Waals surface area contributed by atoms with E-state index in [9.17, 15) is 4.79 Å². The molecular formula is C12H12INO2. The van der Waals surface area contributed by atoms with Crippen LogP contribution in [0.1, 0.15) is 23.0 Å². The van der Waals surface area contributed by atoms with Crippen molar-refractivity contribution < 1.29 is 9.53 Å². The molecule has 0 saturated heterocycles. The summed E-state index contributed by atoms with van der Waals surface area (Å²) in [6.45, 7) is 4.21. The number of aryl methyl sites for hydroxylation is 1. The minimum atomic E-state index is -0.263. The van der Waals surface area contributed by atoms with E-state index in [-0.39, 0.29) is 5.97 Å². The molecule has 1 heterocycles. The first-order valence-corrected chi connectivity index (χ1v) is 6.15. The summed E-state index contributed by atoms with van der Waals surface area (Å²) in [6, 6.07) is 5.73. The lowest BCUT2D eigenvalue weighted by molar-refractivity contribution is 0.0526. The molecule has 84 valence electrons. The van der Waals surface area contributed by atoms with E-state index in [0.29, 0.717) is 12.2 Å². The van der Waals surface area contributed by atoms with Gasteiger partial charge in [-0.15, -0.1) is 0 Å². The number of halogens is 1. The lowest BCUT2D eigenvalue weighted by Crippen LogP contribution is -2.04. The molecule has 0 fully saturated rings. The molecule has 1 aromatic carbocycles. The van der Waals surface area contributed by atoms with Crippen molar-refractivity contribution in [2.45, 2.75) is 13.8 Å². The maximum absolute atomic E-state index is 11.6. The van der Waals surface area contributed by atoms with Gasteiger partial charge in [-0.25, -0.2) is 4.79 Å². The fourth-order valence-corrected chi connectivity index (χ4v) is 2.45. The Bertz CT molecular complexity index is 545. The van der Waals surface area contributed by atoms with Crippen molar-refractivity contribution in [2.75, 3.05) is 6.61 Å². The summed E-state index contributed by atoms with van der Waals surface area (Å²) in [5.74, 6) is -0.263. The zero-order valence-corrected chi connectivity index (χ0v) is 11.3. The van der Waals surface area contributed by atoms with E-state index in [2.05, 4.69) is 27.6 Å². The highest BCUT2D eigenvalue weighted by atomic mass is 127. The van der Waals surface area contributed by atoms with E-state index in [1.807, 2.05) is 32.0 Å². The summed E-state index contributed by atoms with van der Waals surface area (Å²) in [5, 5.41) is 1.05. The van der Waals surface area contributed by atoms with Gasteiger partial charge < -0.3 is 9.72 Å². The molecule has 0 spiro atoms. The van der Waals surface area contributed by atoms with Gasteiger partial charge >= 0.3 is 5.97 Å². The van der Waals surface area contributed by atoms with Crippen molar-refractivity contribution in [1.29, 1.82) is 0 Å². The summed E-state index contributed by atoms with van der Waals surface area (Å²) in [5.41, 5.74) is 2.78. The van der Waals surface area contributed by atoms with Crippen LogP contribution in [0, 0.1) is 10.5 Å². The summed E-state index contributed by atoms with van der Waals surface area (Å²) in [7, 11) is 0. The number of fused-ring (bicyclic) bond motifs is 1. The average Bonchev–Trinajstić information content (AvgIpc) is 2.59. The number of hydrogen-bond donors (Lipinski definition) is 1. The van der Waals surface area contributed by atoms with Crippen LogP contribution in [0.3, 0.4) is 0 Å². The van der Waals surface area contributed by atoms with Crippen molar-refractivity contribution in [3.05, 3.63) is 33.0 Å². The minimum absolute atomic E-state index is 0.263. The normalized spacial score (nSPS) is 10.7. The Balaban J connectivity index is 2.53. The number of nitrogens with one attached hydrogen (secondary N) is 1. The Hall–Kier alpha value is -1.04. The van der Waals surface area contributed by atoms with Gasteiger partial charge in [-0.3, -0.25) is 0 Å². The number of aromatic amines is 1. The van der Waals surface area contributed by atoms with Gasteiger partial charge in [0, 0.05) is 14.7 Å². The van der Waals surface area contributed by atoms with Gasteiger partial charge in [0.05, 0.1) is 17.7 Å². The Morgan fingerprint density at radius 1 is 1.44 bits per heavy atom. The Kier molecular flexibility index (Phi) is 3.18. The van der Waals surface area contributed by atoms with E-state index in [4.69, 9.17) is 4.74 Å². The minimum Gasteiger partial charge on any atom is -0.462 e. The van der Waals surface area contributed by atoms with Crippen molar-refractivity contribution in [3.63, 3.8) is 0 Å². The highest BCUT2D eigenvalue weighted by Gasteiger charge is 2.11. The highest BCUT2D eigenvalue weighted by Crippen LogP contribution is 2.23. The molecule has 2 aromatic rings. The van der Waals surface area contributed by atoms with Crippen LogP contribution in [0.4, 0.5) is 0 Å². The van der Waals surface area contributed by atoms with Crippen LogP contribution in [0.25, 0.3) is 10.9 Å². The summed E-state index contributed by atoms with van der Waals surface area (Å²) in [6.07, 6.45) is 0. The molecule has 0 unspecified atom stereocenters. The SMILES string of the molecule is CCOC(=O)c1cc(I)c2[nH]c(C)cc2c1. The number of H-pyrrole nitrogens is 1. The van der Waals surface area contributed by atoms with E-state index >= 15 is 0 Å². The van der Waals surface area contributed by atoms with Gasteiger partial charge in [-0.05, 0) is 54.6 Å². The van der Waals surface area contributed by atoms with Crippen LogP contribution >= 0.6 is 22.6 Å². The lowest BCUT2D eigenvalue weighted by Gasteiger charge is -2.03. The molecule has 3 nitrogen and oxygen atoms in total. The third kappa shape index (κ3) is 2.07. The second kappa shape index (κ2) is 4.45. The van der Waals surface area contributed by atoms with Gasteiger partial charge in [0.1, 0.15) is 0 Å². The largest absolute Gasteiger partial charge is 0.462 e. The molecule has 2 rings (SSSR count). The smallest absolute Gasteiger partial charge is 0.338 e. The number of aromatic nitrogens is 1. The third-order valence-electron chi connectivity index (χ3n) is 2.33. The molecule has 0 bridgehead atoms. The van der Waals surface area contributed by atoms with Crippen molar-refractivity contribution in [1.82, 2.24) is 4.98 Å². The van der Waals surface area contributed by atoms with Gasteiger partial charge in [0.15, 0.2) is 0 Å². The van der Waals surface area contributed by atoms with E-state index < -0.39 is 0 Å². The van der Waals surface area contributed by atoms with Gasteiger partial charge in [0.2, 0.25) is 0 Å². The molecule has 0 saturated carbocycles. The summed E-state index contributed by atoms with van der Waals surface area (Å²) in [4.78, 5) is 14.9. The molecule has 16 heavy (non-hydrogen) atoms. The van der Waals surface area contributed by atoms with Crippen molar-refractivity contribution >= 4 is 39.5 Å². The molecule has 0 aliphatic rings. The molecule has 0 atom stereocenters. The first-order valence-electron chi connectivity index (χ1n) is 5.08. The van der Waals surface area contributed by atoms with Crippen LogP contribution in [0.2, 0.25) is 0 Å². The molecule has 1 N–H and O–H groups in total. The highest BCUT2D eigenvalue weighted by molar-refractivity contribution is 14.1. The topological polar surface area (TPSA) is 42.1 Å². The molecule has 0 amide bonds. The van der Waals surface area contributed by atoms with Crippen LogP contribution < -0.4 is 0 Å². The number of carbonyl (C=O) groups excluding carboxylic acids is 1. The summed E-state index contributed by atoms with van der Waals surface area (Å²) >= 11 is 2.22. The molecule has 4 heteroatoms. The number of esters is 1. The van der Waals surface area contributed by atoms with E-state index in [1.54, 1.807) is 0 Å². The maximum Gasteiger partial charge on any atom is 0.338 e. The monoisotopic (exact) mass is 329 g/mol. The lowest BCUT2D eigenvalue weighted by atomic mass is 10.1. The van der Waals surface area contributed by atoms with Crippen LogP contribution in [-0.4, -0.2) is 17.6 Å². The van der Waals surface area contributed by atoms with Crippen LogP contribution in [0.5, 0.6) is 0 Å². The Labute approximate surface area is 107 Å². The van der Waals surface area contributed by atoms with E-state index in [0.717, 1.165) is 20.2 Å². The van der Waals surface area contributed by atoms with Gasteiger partial charge in [0.25, 0.3) is 0 Å². The van der Waals surface area contributed by atoms with Gasteiger partial charge in [-0.2, -0.15) is 0 Å². The first-order chi connectivity index (χ1) is 7.61. The zero-order chi connectivity index (χ0) is 11.7. The Morgan fingerprint density at radius 2 is 2.19 bits per heavy atom. The molecular weight excluding hydrogens is 317 g/mol. The van der Waals surface area contributed by atoms with Crippen molar-refractivity contribution in [2.24, 2.45) is 0 Å². The maximum atomic E-state index is 11.6. The molecule has 0 aliphatic heterocycles. The second-order valence-electron chi connectivity index (χ2n) is 3.60. The predicted octanol–water partition coefficient (Wildman–Crippen LogP) is 3.26. The number of carbonyl (C=O) groups is 1. The Morgan fingerprint density at radius 3 is 2.88 bits per heavy atom. The zero-order valence-electron chi connectivity index (χ0n) is 9.13. The fourth-order valence-electron chi connectivity index (χ4n) is 1.67. The molecule has 0 radical (unpaired) electrons. The number of hydrogen-bond acceptors (Lipinski definition) is 2. The average molecular weight is 329 g/mol. The quantitative estimate of drug-likeness (QED) is 0.679. The van der Waals surface area contributed by atoms with Crippen molar-refractivity contribution in [3.8, 4) is 0 Å². The first kappa shape index (κ1) is 11.4. The van der Waals surface area contributed by atoms with E-state index in [1.165, 1.54) is 0 Å². The predicted molar refractivity (Wildman–Crippen MR) is 71.7 cm³/mol. The number of benzene rings is 1. The summed E-state index contributed by atoms with van der Waals surface area (Å²) < 4.78 is 6.02. The number of rotatable bonds is 2. The standard InChI is InChI=1S/C12H12INO2/c1-3-16-12(15)9-5-8-4-7(2)14-11(8)10(13)6-9/h4-6,14H,3H2,1-2H3. The third-order valence-corrected chi connectivity index (χ3v) is 3.18. The van der Waals surface area contributed by atoms with Crippen LogP contribution in [0.15, 0.2) is 18.2 Å². The molecule has 0 aliphatic carbocycles. The van der Waals surface area contributed by atoms with Crippen LogP contribution in [-0.2, 0) is 4.74 Å². The van der Waals surface area contributed by atoms with Gasteiger partial charge in [-0.1, -0.05) is 0 Å². The number of ether oxygens (including phenoxy) is 1.